The predicted octanol–water partition coefficient (Wildman–Crippen LogP) is 4.10. The van der Waals surface area contributed by atoms with Crippen molar-refractivity contribution in [1.29, 1.82) is 0 Å². The van der Waals surface area contributed by atoms with E-state index in [4.69, 9.17) is 10.5 Å². The molecule has 0 aromatic heterocycles. The molecule has 2 aromatic rings. The summed E-state index contributed by atoms with van der Waals surface area (Å²) in [4.78, 5) is 0. The van der Waals surface area contributed by atoms with E-state index in [9.17, 15) is 17.6 Å². The fourth-order valence-corrected chi connectivity index (χ4v) is 1.62. The van der Waals surface area contributed by atoms with Crippen molar-refractivity contribution >= 4 is 0 Å². The molecule has 2 rings (SSSR count). The van der Waals surface area contributed by atoms with Crippen LogP contribution in [0.5, 0.6) is 11.5 Å². The van der Waals surface area contributed by atoms with E-state index in [-0.39, 0.29) is 18.0 Å². The molecule has 2 aromatic carbocycles. The van der Waals surface area contributed by atoms with Crippen molar-refractivity contribution in [1.82, 2.24) is 0 Å². The third-order valence-electron chi connectivity index (χ3n) is 2.62. The molecular formula is C14H11F4NO. The molecule has 0 atom stereocenters. The summed E-state index contributed by atoms with van der Waals surface area (Å²) in [6.45, 7) is 0.167. The Balaban J connectivity index is 2.26. The van der Waals surface area contributed by atoms with Gasteiger partial charge in [0.25, 0.3) is 0 Å². The van der Waals surface area contributed by atoms with Crippen molar-refractivity contribution in [2.75, 3.05) is 0 Å². The van der Waals surface area contributed by atoms with Gasteiger partial charge in [-0.05, 0) is 35.9 Å². The van der Waals surface area contributed by atoms with Crippen molar-refractivity contribution in [2.45, 2.75) is 12.7 Å². The molecule has 106 valence electrons. The Morgan fingerprint density at radius 1 is 1.05 bits per heavy atom. The highest BCUT2D eigenvalue weighted by molar-refractivity contribution is 5.37. The average molecular weight is 285 g/mol. The monoisotopic (exact) mass is 285 g/mol. The first-order valence-corrected chi connectivity index (χ1v) is 5.74. The van der Waals surface area contributed by atoms with Crippen molar-refractivity contribution in [2.24, 2.45) is 5.73 Å². The fourth-order valence-electron chi connectivity index (χ4n) is 1.62. The number of hydrogen-bond acceptors (Lipinski definition) is 2. The minimum atomic E-state index is -4.47. The second-order valence-electron chi connectivity index (χ2n) is 4.10. The zero-order valence-corrected chi connectivity index (χ0v) is 10.2. The van der Waals surface area contributed by atoms with Crippen LogP contribution in [0.2, 0.25) is 0 Å². The molecule has 0 heterocycles. The molecule has 20 heavy (non-hydrogen) atoms. The summed E-state index contributed by atoms with van der Waals surface area (Å²) in [5.74, 6) is -0.911. The number of rotatable bonds is 3. The zero-order valence-electron chi connectivity index (χ0n) is 10.2. The highest BCUT2D eigenvalue weighted by atomic mass is 19.4. The summed E-state index contributed by atoms with van der Waals surface area (Å²) >= 11 is 0. The molecule has 0 radical (unpaired) electrons. The molecule has 0 fully saturated rings. The van der Waals surface area contributed by atoms with Gasteiger partial charge >= 0.3 is 6.18 Å². The topological polar surface area (TPSA) is 35.2 Å². The number of halogens is 4. The number of alkyl halides is 3. The van der Waals surface area contributed by atoms with Crippen LogP contribution in [0.25, 0.3) is 0 Å². The van der Waals surface area contributed by atoms with Crippen LogP contribution in [-0.2, 0) is 12.7 Å². The number of hydrogen-bond donors (Lipinski definition) is 1. The molecule has 6 heteroatoms. The number of ether oxygens (including phenoxy) is 1. The Kier molecular flexibility index (Phi) is 3.94. The van der Waals surface area contributed by atoms with E-state index in [1.165, 1.54) is 24.3 Å². The van der Waals surface area contributed by atoms with Gasteiger partial charge in [0, 0.05) is 6.54 Å². The third kappa shape index (κ3) is 3.27. The van der Waals surface area contributed by atoms with E-state index >= 15 is 0 Å². The maximum Gasteiger partial charge on any atom is 0.416 e. The lowest BCUT2D eigenvalue weighted by Crippen LogP contribution is -2.04. The first-order valence-electron chi connectivity index (χ1n) is 5.74. The van der Waals surface area contributed by atoms with Crippen LogP contribution in [-0.4, -0.2) is 0 Å². The van der Waals surface area contributed by atoms with E-state index < -0.39 is 17.6 Å². The minimum Gasteiger partial charge on any atom is -0.454 e. The molecule has 0 aliphatic rings. The van der Waals surface area contributed by atoms with Crippen LogP contribution in [0, 0.1) is 5.82 Å². The van der Waals surface area contributed by atoms with Crippen molar-refractivity contribution < 1.29 is 22.3 Å². The summed E-state index contributed by atoms with van der Waals surface area (Å²) in [6.07, 6.45) is -4.47. The molecular weight excluding hydrogens is 274 g/mol. The number of nitrogens with two attached hydrogens (primary N) is 1. The molecule has 0 spiro atoms. The van der Waals surface area contributed by atoms with Crippen LogP contribution >= 0.6 is 0 Å². The molecule has 0 unspecified atom stereocenters. The second-order valence-corrected chi connectivity index (χ2v) is 4.10. The predicted molar refractivity (Wildman–Crippen MR) is 65.8 cm³/mol. The summed E-state index contributed by atoms with van der Waals surface area (Å²) < 4.78 is 56.4. The van der Waals surface area contributed by atoms with Gasteiger partial charge in [-0.3, -0.25) is 0 Å². The maximum atomic E-state index is 13.7. The summed E-state index contributed by atoms with van der Waals surface area (Å²) in [6, 6.07) is 8.32. The van der Waals surface area contributed by atoms with Crippen LogP contribution in [0.3, 0.4) is 0 Å². The van der Waals surface area contributed by atoms with Crippen molar-refractivity contribution in [3.8, 4) is 11.5 Å². The standard InChI is InChI=1S/C14H11F4NO/c15-12-6-9(8-19)4-5-13(12)20-11-3-1-2-10(7-11)14(16,17)18/h1-7H,8,19H2. The number of benzene rings is 2. The van der Waals surface area contributed by atoms with Gasteiger partial charge in [-0.1, -0.05) is 12.1 Å². The molecule has 0 aliphatic heterocycles. The molecule has 0 saturated carbocycles. The molecule has 0 aliphatic carbocycles. The molecule has 2 N–H and O–H groups in total. The van der Waals surface area contributed by atoms with Gasteiger partial charge in [0.15, 0.2) is 11.6 Å². The van der Waals surface area contributed by atoms with Gasteiger partial charge in [0.05, 0.1) is 5.56 Å². The lowest BCUT2D eigenvalue weighted by atomic mass is 10.2. The fraction of sp³-hybridized carbons (Fsp3) is 0.143. The Morgan fingerprint density at radius 3 is 2.40 bits per heavy atom. The molecule has 0 saturated heterocycles. The highest BCUT2D eigenvalue weighted by Gasteiger charge is 2.30. The molecule has 2 nitrogen and oxygen atoms in total. The maximum absolute atomic E-state index is 13.7. The smallest absolute Gasteiger partial charge is 0.416 e. The van der Waals surface area contributed by atoms with Gasteiger partial charge in [-0.15, -0.1) is 0 Å². The minimum absolute atomic E-state index is 0.0841. The Labute approximate surface area is 112 Å². The van der Waals surface area contributed by atoms with Gasteiger partial charge in [0.2, 0.25) is 0 Å². The first kappa shape index (κ1) is 14.3. The van der Waals surface area contributed by atoms with Crippen molar-refractivity contribution in [3.63, 3.8) is 0 Å². The van der Waals surface area contributed by atoms with E-state index in [2.05, 4.69) is 0 Å². The Morgan fingerprint density at radius 2 is 1.80 bits per heavy atom. The summed E-state index contributed by atoms with van der Waals surface area (Å²) in [7, 11) is 0. The quantitative estimate of drug-likeness (QED) is 0.862. The van der Waals surface area contributed by atoms with E-state index in [1.54, 1.807) is 6.07 Å². The largest absolute Gasteiger partial charge is 0.454 e. The van der Waals surface area contributed by atoms with E-state index in [0.29, 0.717) is 5.56 Å². The highest BCUT2D eigenvalue weighted by Crippen LogP contribution is 2.33. The lowest BCUT2D eigenvalue weighted by molar-refractivity contribution is -0.137. The van der Waals surface area contributed by atoms with Crippen molar-refractivity contribution in [3.05, 3.63) is 59.4 Å². The molecule has 0 bridgehead atoms. The molecule has 0 amide bonds. The van der Waals surface area contributed by atoms with Gasteiger partial charge in [0.1, 0.15) is 5.75 Å². The second kappa shape index (κ2) is 5.50. The average Bonchev–Trinajstić information content (AvgIpc) is 2.40. The first-order chi connectivity index (χ1) is 9.40. The Bertz CT molecular complexity index is 610. The zero-order chi connectivity index (χ0) is 14.8. The normalized spacial score (nSPS) is 11.4. The van der Waals surface area contributed by atoms with Gasteiger partial charge < -0.3 is 10.5 Å². The van der Waals surface area contributed by atoms with E-state index in [0.717, 1.165) is 12.1 Å². The van der Waals surface area contributed by atoms with Gasteiger partial charge in [-0.2, -0.15) is 13.2 Å². The Hall–Kier alpha value is -2.08. The SMILES string of the molecule is NCc1ccc(Oc2cccc(C(F)(F)F)c2)c(F)c1. The van der Waals surface area contributed by atoms with Crippen LogP contribution in [0.15, 0.2) is 42.5 Å². The summed E-state index contributed by atoms with van der Waals surface area (Å²) in [5.41, 5.74) is 5.07. The third-order valence-corrected chi connectivity index (χ3v) is 2.62. The van der Waals surface area contributed by atoms with Gasteiger partial charge in [-0.25, -0.2) is 4.39 Å². The van der Waals surface area contributed by atoms with E-state index in [1.807, 2.05) is 0 Å². The van der Waals surface area contributed by atoms with Crippen LogP contribution in [0.4, 0.5) is 17.6 Å². The van der Waals surface area contributed by atoms with Crippen LogP contribution < -0.4 is 10.5 Å². The van der Waals surface area contributed by atoms with Crippen LogP contribution in [0.1, 0.15) is 11.1 Å². The summed E-state index contributed by atoms with van der Waals surface area (Å²) in [5, 5.41) is 0. The lowest BCUT2D eigenvalue weighted by Gasteiger charge is -2.11.